The maximum Gasteiger partial charge on any atom is 0.274 e. The third kappa shape index (κ3) is 4.48. The van der Waals surface area contributed by atoms with Crippen LogP contribution in [0.2, 0.25) is 0 Å². The number of anilines is 2. The van der Waals surface area contributed by atoms with E-state index in [9.17, 15) is 14.4 Å². The fourth-order valence-electron chi connectivity index (χ4n) is 2.61. The molecule has 3 aromatic rings. The summed E-state index contributed by atoms with van der Waals surface area (Å²) in [6.07, 6.45) is 1.41. The van der Waals surface area contributed by atoms with Crippen LogP contribution in [0.1, 0.15) is 43.7 Å². The van der Waals surface area contributed by atoms with Gasteiger partial charge in [-0.25, -0.2) is 0 Å². The second kappa shape index (κ2) is 8.26. The maximum absolute atomic E-state index is 12.5. The van der Waals surface area contributed by atoms with E-state index in [1.165, 1.54) is 19.2 Å². The number of nitrogens with one attached hydrogen (secondary N) is 2. The van der Waals surface area contributed by atoms with E-state index in [4.69, 9.17) is 0 Å². The van der Waals surface area contributed by atoms with Crippen molar-refractivity contribution < 1.29 is 14.4 Å². The summed E-state index contributed by atoms with van der Waals surface area (Å²) in [4.78, 5) is 40.5. The van der Waals surface area contributed by atoms with Crippen molar-refractivity contribution >= 4 is 29.0 Å². The normalized spacial score (nSPS) is 10.2. The smallest absolute Gasteiger partial charge is 0.274 e. The van der Waals surface area contributed by atoms with E-state index >= 15 is 0 Å². The Balaban J connectivity index is 1.76. The van der Waals surface area contributed by atoms with Crippen molar-refractivity contribution in [3.63, 3.8) is 0 Å². The zero-order valence-electron chi connectivity index (χ0n) is 15.5. The number of amides is 2. The highest BCUT2D eigenvalue weighted by Crippen LogP contribution is 2.16. The number of benzene rings is 2. The van der Waals surface area contributed by atoms with Crippen molar-refractivity contribution in [3.05, 3.63) is 89.2 Å². The molecule has 2 aromatic carbocycles. The average Bonchev–Trinajstić information content (AvgIpc) is 2.70. The molecule has 0 unspecified atom stereocenters. The van der Waals surface area contributed by atoms with Crippen LogP contribution in [0.4, 0.5) is 11.4 Å². The van der Waals surface area contributed by atoms with Gasteiger partial charge in [0.25, 0.3) is 11.8 Å². The second-order valence-corrected chi connectivity index (χ2v) is 6.29. The molecule has 0 saturated heterocycles. The Bertz CT molecular complexity index is 1060. The fourth-order valence-corrected chi connectivity index (χ4v) is 2.61. The third-order valence-corrected chi connectivity index (χ3v) is 4.17. The minimum atomic E-state index is -0.466. The van der Waals surface area contributed by atoms with Crippen LogP contribution in [0.5, 0.6) is 0 Å². The summed E-state index contributed by atoms with van der Waals surface area (Å²) >= 11 is 0. The number of aryl methyl sites for hydroxylation is 1. The SMILES string of the molecule is CC(=O)c1cccc(NC(=O)c2cc(C(=O)Nc3ccccc3C)ccn2)c1. The zero-order chi connectivity index (χ0) is 20.1. The molecule has 0 bridgehead atoms. The molecule has 0 radical (unpaired) electrons. The van der Waals surface area contributed by atoms with E-state index in [1.54, 1.807) is 30.3 Å². The van der Waals surface area contributed by atoms with Crippen molar-refractivity contribution in [1.29, 1.82) is 0 Å². The number of hydrogen-bond acceptors (Lipinski definition) is 4. The molecule has 0 aliphatic rings. The van der Waals surface area contributed by atoms with Gasteiger partial charge < -0.3 is 10.6 Å². The number of rotatable bonds is 5. The van der Waals surface area contributed by atoms with Gasteiger partial charge in [0.05, 0.1) is 0 Å². The Morgan fingerprint density at radius 1 is 0.821 bits per heavy atom. The second-order valence-electron chi connectivity index (χ2n) is 6.29. The molecule has 0 aliphatic heterocycles. The lowest BCUT2D eigenvalue weighted by atomic mass is 10.1. The van der Waals surface area contributed by atoms with Gasteiger partial charge in [0.2, 0.25) is 0 Å². The monoisotopic (exact) mass is 373 g/mol. The van der Waals surface area contributed by atoms with Crippen LogP contribution in [0.25, 0.3) is 0 Å². The molecule has 2 amide bonds. The van der Waals surface area contributed by atoms with E-state index in [1.807, 2.05) is 31.2 Å². The Labute approximate surface area is 162 Å². The highest BCUT2D eigenvalue weighted by molar-refractivity contribution is 6.08. The largest absolute Gasteiger partial charge is 0.322 e. The lowest BCUT2D eigenvalue weighted by Gasteiger charge is -2.09. The number of carbonyl (C=O) groups excluding carboxylic acids is 3. The molecule has 6 nitrogen and oxygen atoms in total. The van der Waals surface area contributed by atoms with Crippen molar-refractivity contribution in [1.82, 2.24) is 4.98 Å². The number of carbonyl (C=O) groups is 3. The highest BCUT2D eigenvalue weighted by atomic mass is 16.2. The Kier molecular flexibility index (Phi) is 5.60. The third-order valence-electron chi connectivity index (χ3n) is 4.17. The topological polar surface area (TPSA) is 88.2 Å². The summed E-state index contributed by atoms with van der Waals surface area (Å²) in [6.45, 7) is 3.36. The highest BCUT2D eigenvalue weighted by Gasteiger charge is 2.13. The molecular formula is C22H19N3O3. The van der Waals surface area contributed by atoms with Crippen LogP contribution >= 0.6 is 0 Å². The van der Waals surface area contributed by atoms with Crippen molar-refractivity contribution in [2.75, 3.05) is 10.6 Å². The molecule has 1 heterocycles. The summed E-state index contributed by atoms with van der Waals surface area (Å²) in [6, 6.07) is 17.0. The van der Waals surface area contributed by atoms with Crippen LogP contribution in [-0.4, -0.2) is 22.6 Å². The zero-order valence-corrected chi connectivity index (χ0v) is 15.5. The summed E-state index contributed by atoms with van der Waals surface area (Å²) < 4.78 is 0. The summed E-state index contributed by atoms with van der Waals surface area (Å²) in [5.41, 5.74) is 3.04. The number of hydrogen-bond donors (Lipinski definition) is 2. The van der Waals surface area contributed by atoms with Crippen LogP contribution in [-0.2, 0) is 0 Å². The molecule has 0 spiro atoms. The minimum Gasteiger partial charge on any atom is -0.322 e. The molecule has 1 aromatic heterocycles. The molecule has 2 N–H and O–H groups in total. The lowest BCUT2D eigenvalue weighted by molar-refractivity contribution is 0.100. The van der Waals surface area contributed by atoms with Gasteiger partial charge >= 0.3 is 0 Å². The van der Waals surface area contributed by atoms with Crippen LogP contribution in [0.3, 0.4) is 0 Å². The first-order valence-corrected chi connectivity index (χ1v) is 8.69. The summed E-state index contributed by atoms with van der Waals surface area (Å²) in [7, 11) is 0. The fraction of sp³-hybridized carbons (Fsp3) is 0.0909. The van der Waals surface area contributed by atoms with Gasteiger partial charge in [0.1, 0.15) is 5.69 Å². The van der Waals surface area contributed by atoms with Crippen molar-refractivity contribution in [2.45, 2.75) is 13.8 Å². The predicted octanol–water partition coefficient (Wildman–Crippen LogP) is 4.10. The summed E-state index contributed by atoms with van der Waals surface area (Å²) in [5.74, 6) is -0.889. The van der Waals surface area contributed by atoms with Gasteiger partial charge in [0, 0.05) is 28.7 Å². The molecule has 0 saturated carbocycles. The minimum absolute atomic E-state index is 0.0934. The van der Waals surface area contributed by atoms with E-state index in [-0.39, 0.29) is 17.4 Å². The molecule has 6 heteroatoms. The Morgan fingerprint density at radius 2 is 1.61 bits per heavy atom. The predicted molar refractivity (Wildman–Crippen MR) is 108 cm³/mol. The Hall–Kier alpha value is -3.80. The molecular weight excluding hydrogens is 354 g/mol. The van der Waals surface area contributed by atoms with Gasteiger partial charge in [-0.05, 0) is 49.7 Å². The average molecular weight is 373 g/mol. The first-order chi connectivity index (χ1) is 13.4. The first-order valence-electron chi connectivity index (χ1n) is 8.69. The van der Waals surface area contributed by atoms with Gasteiger partial charge in [-0.3, -0.25) is 19.4 Å². The van der Waals surface area contributed by atoms with Gasteiger partial charge in [-0.1, -0.05) is 30.3 Å². The van der Waals surface area contributed by atoms with E-state index in [0.29, 0.717) is 22.5 Å². The molecule has 0 fully saturated rings. The molecule has 3 rings (SSSR count). The molecule has 140 valence electrons. The molecule has 28 heavy (non-hydrogen) atoms. The molecule has 0 aliphatic carbocycles. The van der Waals surface area contributed by atoms with Crippen LogP contribution in [0, 0.1) is 6.92 Å². The number of pyridine rings is 1. The van der Waals surface area contributed by atoms with Gasteiger partial charge in [0.15, 0.2) is 5.78 Å². The quantitative estimate of drug-likeness (QED) is 0.659. The number of ketones is 1. The van der Waals surface area contributed by atoms with Gasteiger partial charge in [-0.15, -0.1) is 0 Å². The van der Waals surface area contributed by atoms with E-state index in [0.717, 1.165) is 5.56 Å². The first kappa shape index (κ1) is 19.0. The number of aromatic nitrogens is 1. The van der Waals surface area contributed by atoms with Crippen molar-refractivity contribution in [3.8, 4) is 0 Å². The van der Waals surface area contributed by atoms with Crippen LogP contribution < -0.4 is 10.6 Å². The number of Topliss-reactive ketones (excluding diaryl/α,β-unsaturated/α-hetero) is 1. The Morgan fingerprint density at radius 3 is 2.36 bits per heavy atom. The van der Waals surface area contributed by atoms with Crippen LogP contribution in [0.15, 0.2) is 66.9 Å². The van der Waals surface area contributed by atoms with Gasteiger partial charge in [-0.2, -0.15) is 0 Å². The molecule has 0 atom stereocenters. The summed E-state index contributed by atoms with van der Waals surface area (Å²) in [5, 5.41) is 5.52. The number of nitrogens with zero attached hydrogens (tertiary/aromatic N) is 1. The van der Waals surface area contributed by atoms with Crippen molar-refractivity contribution in [2.24, 2.45) is 0 Å². The standard InChI is InChI=1S/C22H19N3O3/c1-14-6-3-4-9-19(14)25-21(27)17-10-11-23-20(13-17)22(28)24-18-8-5-7-16(12-18)15(2)26/h3-13H,1-2H3,(H,24,28)(H,25,27). The lowest BCUT2D eigenvalue weighted by Crippen LogP contribution is -2.17. The maximum atomic E-state index is 12.5. The van der Waals surface area contributed by atoms with E-state index < -0.39 is 5.91 Å². The number of para-hydroxylation sites is 1. The van der Waals surface area contributed by atoms with E-state index in [2.05, 4.69) is 15.6 Å².